The Morgan fingerprint density at radius 3 is 2.75 bits per heavy atom. The van der Waals surface area contributed by atoms with Gasteiger partial charge in [0.1, 0.15) is 5.75 Å². The molecule has 2 heteroatoms. The van der Waals surface area contributed by atoms with Crippen molar-refractivity contribution in [1.29, 1.82) is 0 Å². The third kappa shape index (κ3) is 2.00. The molecule has 0 saturated heterocycles. The third-order valence-corrected chi connectivity index (χ3v) is 3.22. The normalized spacial score (nSPS) is 10.9. The van der Waals surface area contributed by atoms with E-state index in [4.69, 9.17) is 11.6 Å². The smallest absolute Gasteiger partial charge is 0.138 e. The molecule has 0 radical (unpaired) electrons. The molecule has 0 aromatic heterocycles. The van der Waals surface area contributed by atoms with Crippen LogP contribution >= 0.6 is 11.6 Å². The molecular weight excluding hydrogens is 220 g/mol. The molecule has 84 valence electrons. The zero-order valence-corrected chi connectivity index (χ0v) is 10.1. The average molecular weight is 235 g/mol. The SMILES string of the molecule is CCCCc1cc2ccccc2c(Cl)c1O. The van der Waals surface area contributed by atoms with Gasteiger partial charge in [0.2, 0.25) is 0 Å². The Hall–Kier alpha value is -1.21. The lowest BCUT2D eigenvalue weighted by atomic mass is 10.0. The molecule has 0 bridgehead atoms. The molecule has 0 fully saturated rings. The molecule has 0 atom stereocenters. The molecule has 0 heterocycles. The van der Waals surface area contributed by atoms with Gasteiger partial charge >= 0.3 is 0 Å². The highest BCUT2D eigenvalue weighted by molar-refractivity contribution is 6.37. The van der Waals surface area contributed by atoms with Crippen molar-refractivity contribution < 1.29 is 5.11 Å². The van der Waals surface area contributed by atoms with Crippen LogP contribution in [-0.2, 0) is 6.42 Å². The van der Waals surface area contributed by atoms with Gasteiger partial charge in [-0.25, -0.2) is 0 Å². The Bertz CT molecular complexity index is 505. The zero-order valence-electron chi connectivity index (χ0n) is 9.33. The first-order valence-electron chi connectivity index (χ1n) is 5.63. The summed E-state index contributed by atoms with van der Waals surface area (Å²) < 4.78 is 0. The highest BCUT2D eigenvalue weighted by atomic mass is 35.5. The fraction of sp³-hybridized carbons (Fsp3) is 0.286. The number of aryl methyl sites for hydroxylation is 1. The number of benzene rings is 2. The van der Waals surface area contributed by atoms with Gasteiger partial charge in [0.05, 0.1) is 5.02 Å². The monoisotopic (exact) mass is 234 g/mol. The van der Waals surface area contributed by atoms with Crippen LogP contribution in [-0.4, -0.2) is 5.11 Å². The zero-order chi connectivity index (χ0) is 11.5. The number of halogens is 1. The molecule has 0 unspecified atom stereocenters. The fourth-order valence-corrected chi connectivity index (χ4v) is 2.20. The van der Waals surface area contributed by atoms with Crippen LogP contribution in [0.15, 0.2) is 30.3 Å². The summed E-state index contributed by atoms with van der Waals surface area (Å²) in [5.41, 5.74) is 0.950. The Kier molecular flexibility index (Phi) is 3.35. The minimum atomic E-state index is 0.244. The molecule has 2 rings (SSSR count). The standard InChI is InChI=1S/C14H15ClO/c1-2-3-6-11-9-10-7-4-5-8-12(10)13(15)14(11)16/h4-5,7-9,16H,2-3,6H2,1H3. The van der Waals surface area contributed by atoms with Crippen molar-refractivity contribution >= 4 is 22.4 Å². The first-order valence-corrected chi connectivity index (χ1v) is 6.01. The number of hydrogen-bond acceptors (Lipinski definition) is 1. The van der Waals surface area contributed by atoms with E-state index in [2.05, 4.69) is 6.92 Å². The predicted octanol–water partition coefficient (Wildman–Crippen LogP) is 4.54. The maximum absolute atomic E-state index is 9.99. The highest BCUT2D eigenvalue weighted by Crippen LogP contribution is 2.35. The molecule has 0 aliphatic rings. The molecular formula is C14H15ClO. The molecule has 2 aromatic rings. The second kappa shape index (κ2) is 4.75. The maximum atomic E-state index is 9.99. The quantitative estimate of drug-likeness (QED) is 0.827. The van der Waals surface area contributed by atoms with Crippen molar-refractivity contribution in [3.8, 4) is 5.75 Å². The van der Waals surface area contributed by atoms with Crippen LogP contribution in [0.25, 0.3) is 10.8 Å². The lowest BCUT2D eigenvalue weighted by Gasteiger charge is -2.09. The van der Waals surface area contributed by atoms with Crippen molar-refractivity contribution in [1.82, 2.24) is 0 Å². The van der Waals surface area contributed by atoms with Crippen molar-refractivity contribution in [2.24, 2.45) is 0 Å². The number of fused-ring (bicyclic) bond motifs is 1. The highest BCUT2D eigenvalue weighted by Gasteiger charge is 2.09. The van der Waals surface area contributed by atoms with Crippen LogP contribution in [0.2, 0.25) is 5.02 Å². The summed E-state index contributed by atoms with van der Waals surface area (Å²) in [6.07, 6.45) is 3.07. The molecule has 0 aliphatic heterocycles. The van der Waals surface area contributed by atoms with E-state index in [0.717, 1.165) is 35.6 Å². The lowest BCUT2D eigenvalue weighted by Crippen LogP contribution is -1.88. The van der Waals surface area contributed by atoms with Gasteiger partial charge in [-0.15, -0.1) is 0 Å². The van der Waals surface area contributed by atoms with Crippen LogP contribution in [0.4, 0.5) is 0 Å². The Morgan fingerprint density at radius 1 is 1.25 bits per heavy atom. The van der Waals surface area contributed by atoms with Gasteiger partial charge in [-0.3, -0.25) is 0 Å². The van der Waals surface area contributed by atoms with Crippen LogP contribution in [0.3, 0.4) is 0 Å². The largest absolute Gasteiger partial charge is 0.506 e. The summed E-state index contributed by atoms with van der Waals surface area (Å²) in [7, 11) is 0. The van der Waals surface area contributed by atoms with Gasteiger partial charge in [0.15, 0.2) is 0 Å². The van der Waals surface area contributed by atoms with Crippen LogP contribution in [0.1, 0.15) is 25.3 Å². The molecule has 0 saturated carbocycles. The van der Waals surface area contributed by atoms with E-state index in [1.165, 1.54) is 0 Å². The van der Waals surface area contributed by atoms with E-state index < -0.39 is 0 Å². The first-order chi connectivity index (χ1) is 7.74. The molecule has 2 aromatic carbocycles. The summed E-state index contributed by atoms with van der Waals surface area (Å²) in [5, 5.41) is 12.5. The fourth-order valence-electron chi connectivity index (χ4n) is 1.91. The number of aromatic hydroxyl groups is 1. The first kappa shape index (κ1) is 11.3. The summed E-state index contributed by atoms with van der Waals surface area (Å²) in [4.78, 5) is 0. The minimum absolute atomic E-state index is 0.244. The Labute approximate surface area is 101 Å². The van der Waals surface area contributed by atoms with Crippen LogP contribution < -0.4 is 0 Å². The molecule has 0 spiro atoms. The second-order valence-corrected chi connectivity index (χ2v) is 4.40. The van der Waals surface area contributed by atoms with Crippen LogP contribution in [0, 0.1) is 0 Å². The van der Waals surface area contributed by atoms with E-state index in [9.17, 15) is 5.11 Å². The number of hydrogen-bond donors (Lipinski definition) is 1. The Balaban J connectivity index is 2.55. The summed E-state index contributed by atoms with van der Waals surface area (Å²) in [6, 6.07) is 9.90. The second-order valence-electron chi connectivity index (χ2n) is 4.02. The number of rotatable bonds is 3. The number of phenolic OH excluding ortho intramolecular Hbond substituents is 1. The Morgan fingerprint density at radius 2 is 2.00 bits per heavy atom. The van der Waals surface area contributed by atoms with Gasteiger partial charge in [-0.2, -0.15) is 0 Å². The van der Waals surface area contributed by atoms with Crippen molar-refractivity contribution in [2.75, 3.05) is 0 Å². The average Bonchev–Trinajstić information content (AvgIpc) is 2.32. The van der Waals surface area contributed by atoms with Gasteiger partial charge in [0.25, 0.3) is 0 Å². The van der Waals surface area contributed by atoms with Crippen molar-refractivity contribution in [3.63, 3.8) is 0 Å². The molecule has 1 N–H and O–H groups in total. The van der Waals surface area contributed by atoms with E-state index in [-0.39, 0.29) is 5.75 Å². The van der Waals surface area contributed by atoms with Gasteiger partial charge in [-0.05, 0) is 29.9 Å². The molecule has 0 amide bonds. The molecule has 16 heavy (non-hydrogen) atoms. The van der Waals surface area contributed by atoms with E-state index in [1.54, 1.807) is 0 Å². The molecule has 1 nitrogen and oxygen atoms in total. The van der Waals surface area contributed by atoms with Gasteiger partial charge < -0.3 is 5.11 Å². The number of phenols is 1. The summed E-state index contributed by atoms with van der Waals surface area (Å²) >= 11 is 6.16. The van der Waals surface area contributed by atoms with Crippen LogP contribution in [0.5, 0.6) is 5.75 Å². The summed E-state index contributed by atoms with van der Waals surface area (Å²) in [6.45, 7) is 2.14. The van der Waals surface area contributed by atoms with Gasteiger partial charge in [0, 0.05) is 5.39 Å². The molecule has 0 aliphatic carbocycles. The van der Waals surface area contributed by atoms with Gasteiger partial charge in [-0.1, -0.05) is 49.2 Å². The van der Waals surface area contributed by atoms with E-state index in [1.807, 2.05) is 30.3 Å². The van der Waals surface area contributed by atoms with Crippen molar-refractivity contribution in [3.05, 3.63) is 40.9 Å². The minimum Gasteiger partial charge on any atom is -0.506 e. The lowest BCUT2D eigenvalue weighted by molar-refractivity contribution is 0.468. The third-order valence-electron chi connectivity index (χ3n) is 2.84. The maximum Gasteiger partial charge on any atom is 0.138 e. The topological polar surface area (TPSA) is 20.2 Å². The van der Waals surface area contributed by atoms with Crippen molar-refractivity contribution in [2.45, 2.75) is 26.2 Å². The summed E-state index contributed by atoms with van der Waals surface area (Å²) in [5.74, 6) is 0.244. The van der Waals surface area contributed by atoms with E-state index in [0.29, 0.717) is 5.02 Å². The van der Waals surface area contributed by atoms with E-state index >= 15 is 0 Å². The number of unbranched alkanes of at least 4 members (excludes halogenated alkanes) is 1. The predicted molar refractivity (Wildman–Crippen MR) is 69.2 cm³/mol.